The molecular weight excluding hydrogens is 424 g/mol. The molecule has 1 aliphatic heterocycles. The Hall–Kier alpha value is -3.20. The van der Waals surface area contributed by atoms with E-state index < -0.39 is 0 Å². The number of benzene rings is 1. The maximum absolute atomic E-state index is 12.9. The van der Waals surface area contributed by atoms with E-state index in [0.29, 0.717) is 30.6 Å². The number of nitrogens with zero attached hydrogens (tertiary/aromatic N) is 4. The summed E-state index contributed by atoms with van der Waals surface area (Å²) >= 11 is 1.53. The lowest BCUT2D eigenvalue weighted by Gasteiger charge is -2.21. The number of imidazole rings is 1. The molecule has 0 unspecified atom stereocenters. The van der Waals surface area contributed by atoms with E-state index >= 15 is 0 Å². The normalized spacial score (nSPS) is 14.9. The van der Waals surface area contributed by atoms with E-state index in [1.165, 1.54) is 11.3 Å². The van der Waals surface area contributed by atoms with Gasteiger partial charge in [0.15, 0.2) is 0 Å². The van der Waals surface area contributed by atoms with Crippen molar-refractivity contribution in [2.45, 2.75) is 33.1 Å². The molecule has 0 bridgehead atoms. The Balaban J connectivity index is 1.22. The van der Waals surface area contributed by atoms with Crippen LogP contribution in [0.2, 0.25) is 0 Å². The molecule has 1 saturated heterocycles. The van der Waals surface area contributed by atoms with E-state index in [0.717, 1.165) is 58.3 Å². The molecule has 0 radical (unpaired) electrons. The molecular formula is C23H26N6O2S. The van der Waals surface area contributed by atoms with Crippen LogP contribution in [0, 0.1) is 13.8 Å². The van der Waals surface area contributed by atoms with Crippen LogP contribution in [0.15, 0.2) is 29.1 Å². The Morgan fingerprint density at radius 2 is 1.94 bits per heavy atom. The lowest BCUT2D eigenvalue weighted by molar-refractivity contribution is -0.130. The standard InChI is InChI=1S/C23H26N6O2S/c1-14-15(2)32-22-20(14)21(31)26-18(27-22)8-9-19(30)28-10-5-11-29(13-12-28)23-24-16-6-3-4-7-17(16)25-23/h3-4,6-7H,5,8-13H2,1-2H3,(H,24,25)(H,26,27,31). The average Bonchev–Trinajstić information content (AvgIpc) is 3.22. The molecule has 4 heterocycles. The van der Waals surface area contributed by atoms with Gasteiger partial charge in [-0.2, -0.15) is 0 Å². The maximum Gasteiger partial charge on any atom is 0.259 e. The molecule has 0 spiro atoms. The number of hydrogen-bond donors (Lipinski definition) is 2. The lowest BCUT2D eigenvalue weighted by atomic mass is 10.2. The largest absolute Gasteiger partial charge is 0.341 e. The minimum absolute atomic E-state index is 0.0951. The molecule has 32 heavy (non-hydrogen) atoms. The first-order chi connectivity index (χ1) is 15.5. The highest BCUT2D eigenvalue weighted by Crippen LogP contribution is 2.26. The Bertz CT molecular complexity index is 1320. The van der Waals surface area contributed by atoms with Crippen LogP contribution in [0.25, 0.3) is 21.3 Å². The smallest absolute Gasteiger partial charge is 0.259 e. The summed E-state index contributed by atoms with van der Waals surface area (Å²) in [5.41, 5.74) is 2.85. The first-order valence-electron chi connectivity index (χ1n) is 11.0. The van der Waals surface area contributed by atoms with Crippen molar-refractivity contribution < 1.29 is 4.79 Å². The van der Waals surface area contributed by atoms with Gasteiger partial charge in [-0.3, -0.25) is 9.59 Å². The number of carbonyl (C=O) groups excluding carboxylic acids is 1. The van der Waals surface area contributed by atoms with Crippen LogP contribution in [0.3, 0.4) is 0 Å². The number of anilines is 1. The molecule has 1 aliphatic rings. The van der Waals surface area contributed by atoms with Crippen LogP contribution >= 0.6 is 11.3 Å². The van der Waals surface area contributed by atoms with Crippen molar-refractivity contribution in [2.24, 2.45) is 0 Å². The summed E-state index contributed by atoms with van der Waals surface area (Å²) < 4.78 is 0. The number of fused-ring (bicyclic) bond motifs is 2. The molecule has 3 aromatic heterocycles. The summed E-state index contributed by atoms with van der Waals surface area (Å²) in [4.78, 5) is 46.9. The van der Waals surface area contributed by atoms with Gasteiger partial charge in [0.1, 0.15) is 10.7 Å². The fraction of sp³-hybridized carbons (Fsp3) is 0.391. The minimum atomic E-state index is -0.115. The third kappa shape index (κ3) is 3.88. The molecule has 166 valence electrons. The van der Waals surface area contributed by atoms with Gasteiger partial charge in [-0.25, -0.2) is 9.97 Å². The molecule has 5 rings (SSSR count). The van der Waals surface area contributed by atoms with Crippen LogP contribution in [0.4, 0.5) is 5.95 Å². The number of nitrogens with one attached hydrogen (secondary N) is 2. The molecule has 1 aromatic carbocycles. The first-order valence-corrected chi connectivity index (χ1v) is 11.8. The van der Waals surface area contributed by atoms with Gasteiger partial charge in [0.25, 0.3) is 5.56 Å². The molecule has 0 atom stereocenters. The number of thiophene rings is 1. The summed E-state index contributed by atoms with van der Waals surface area (Å²) in [5.74, 6) is 1.53. The number of aryl methyl sites for hydroxylation is 3. The topological polar surface area (TPSA) is 98.0 Å². The zero-order chi connectivity index (χ0) is 22.2. The van der Waals surface area contributed by atoms with E-state index in [-0.39, 0.29) is 11.5 Å². The molecule has 0 saturated carbocycles. The third-order valence-electron chi connectivity index (χ3n) is 6.19. The second-order valence-corrected chi connectivity index (χ2v) is 9.48. The van der Waals surface area contributed by atoms with Crippen LogP contribution in [-0.2, 0) is 11.2 Å². The van der Waals surface area contributed by atoms with Crippen LogP contribution in [0.1, 0.15) is 29.1 Å². The van der Waals surface area contributed by atoms with Crippen molar-refractivity contribution in [1.82, 2.24) is 24.8 Å². The van der Waals surface area contributed by atoms with E-state index in [1.807, 2.05) is 43.0 Å². The minimum Gasteiger partial charge on any atom is -0.341 e. The van der Waals surface area contributed by atoms with Crippen LogP contribution < -0.4 is 10.5 Å². The monoisotopic (exact) mass is 450 g/mol. The van der Waals surface area contributed by atoms with Crippen LogP contribution in [-0.4, -0.2) is 56.9 Å². The highest BCUT2D eigenvalue weighted by molar-refractivity contribution is 7.18. The molecule has 1 amide bonds. The molecule has 8 nitrogen and oxygen atoms in total. The average molecular weight is 451 g/mol. The van der Waals surface area contributed by atoms with E-state index in [1.54, 1.807) is 0 Å². The number of rotatable bonds is 4. The number of aromatic amines is 2. The van der Waals surface area contributed by atoms with Crippen molar-refractivity contribution in [3.05, 3.63) is 50.9 Å². The number of amides is 1. The predicted molar refractivity (Wildman–Crippen MR) is 128 cm³/mol. The SMILES string of the molecule is Cc1sc2nc(CCC(=O)N3CCCN(c4nc5ccccc5[nH]4)CC3)[nH]c(=O)c2c1C. The van der Waals surface area contributed by atoms with Crippen molar-refractivity contribution in [2.75, 3.05) is 31.1 Å². The summed E-state index contributed by atoms with van der Waals surface area (Å²) in [7, 11) is 0. The van der Waals surface area contributed by atoms with Gasteiger partial charge >= 0.3 is 0 Å². The third-order valence-corrected chi connectivity index (χ3v) is 7.29. The number of para-hydroxylation sites is 2. The molecule has 2 N–H and O–H groups in total. The van der Waals surface area contributed by atoms with E-state index in [2.05, 4.69) is 19.9 Å². The Labute approximate surface area is 189 Å². The van der Waals surface area contributed by atoms with Crippen molar-refractivity contribution in [3.8, 4) is 0 Å². The van der Waals surface area contributed by atoms with Gasteiger partial charge in [0.05, 0.1) is 16.4 Å². The number of hydrogen-bond acceptors (Lipinski definition) is 6. The van der Waals surface area contributed by atoms with Gasteiger partial charge in [0, 0.05) is 43.9 Å². The zero-order valence-corrected chi connectivity index (χ0v) is 19.1. The van der Waals surface area contributed by atoms with Crippen molar-refractivity contribution in [1.29, 1.82) is 0 Å². The highest BCUT2D eigenvalue weighted by atomic mass is 32.1. The van der Waals surface area contributed by atoms with Gasteiger partial charge in [0.2, 0.25) is 11.9 Å². The molecule has 1 fully saturated rings. The van der Waals surface area contributed by atoms with Crippen LogP contribution in [0.5, 0.6) is 0 Å². The Kier molecular flexibility index (Phi) is 5.42. The zero-order valence-electron chi connectivity index (χ0n) is 18.3. The van der Waals surface area contributed by atoms with Gasteiger partial charge < -0.3 is 19.8 Å². The molecule has 0 aliphatic carbocycles. The summed E-state index contributed by atoms with van der Waals surface area (Å²) in [6, 6.07) is 8.00. The first kappa shape index (κ1) is 20.7. The fourth-order valence-electron chi connectivity index (χ4n) is 4.27. The Morgan fingerprint density at radius 1 is 1.09 bits per heavy atom. The predicted octanol–water partition coefficient (Wildman–Crippen LogP) is 3.15. The number of aromatic nitrogens is 4. The fourth-order valence-corrected chi connectivity index (χ4v) is 5.32. The highest BCUT2D eigenvalue weighted by Gasteiger charge is 2.21. The van der Waals surface area contributed by atoms with Gasteiger partial charge in [-0.15, -0.1) is 11.3 Å². The van der Waals surface area contributed by atoms with E-state index in [4.69, 9.17) is 4.98 Å². The maximum atomic E-state index is 12.9. The molecule has 4 aromatic rings. The summed E-state index contributed by atoms with van der Waals surface area (Å²) in [6.45, 7) is 6.91. The quantitative estimate of drug-likeness (QED) is 0.498. The van der Waals surface area contributed by atoms with Gasteiger partial charge in [-0.1, -0.05) is 12.1 Å². The Morgan fingerprint density at radius 3 is 2.78 bits per heavy atom. The van der Waals surface area contributed by atoms with Crippen molar-refractivity contribution in [3.63, 3.8) is 0 Å². The second kappa shape index (κ2) is 8.38. The van der Waals surface area contributed by atoms with Gasteiger partial charge in [-0.05, 0) is 38.0 Å². The number of H-pyrrole nitrogens is 2. The lowest BCUT2D eigenvalue weighted by Crippen LogP contribution is -2.35. The second-order valence-electron chi connectivity index (χ2n) is 8.27. The van der Waals surface area contributed by atoms with Crippen molar-refractivity contribution >= 4 is 44.4 Å². The summed E-state index contributed by atoms with van der Waals surface area (Å²) in [5, 5.41) is 0.667. The molecule has 9 heteroatoms. The number of carbonyl (C=O) groups is 1. The van der Waals surface area contributed by atoms with E-state index in [9.17, 15) is 9.59 Å². The summed E-state index contributed by atoms with van der Waals surface area (Å²) in [6.07, 6.45) is 1.66.